The Labute approximate surface area is 112 Å². The van der Waals surface area contributed by atoms with Crippen molar-refractivity contribution < 1.29 is 4.42 Å². The SMILES string of the molecule is CNCc1coc(N(C)Cc2ccccc2Cl)n1. The summed E-state index contributed by atoms with van der Waals surface area (Å²) in [5.41, 5.74) is 1.94. The molecule has 0 amide bonds. The minimum absolute atomic E-state index is 0.597. The second-order valence-electron chi connectivity index (χ2n) is 4.10. The maximum Gasteiger partial charge on any atom is 0.297 e. The lowest BCUT2D eigenvalue weighted by Crippen LogP contribution is -2.17. The molecule has 0 saturated heterocycles. The molecule has 0 fully saturated rings. The third kappa shape index (κ3) is 3.03. The lowest BCUT2D eigenvalue weighted by molar-refractivity contribution is 0.543. The maximum atomic E-state index is 6.12. The highest BCUT2D eigenvalue weighted by Gasteiger charge is 2.10. The fourth-order valence-electron chi connectivity index (χ4n) is 1.68. The lowest BCUT2D eigenvalue weighted by Gasteiger charge is -2.15. The van der Waals surface area contributed by atoms with Crippen molar-refractivity contribution in [1.82, 2.24) is 10.3 Å². The Hall–Kier alpha value is -1.52. The first-order chi connectivity index (χ1) is 8.70. The number of benzene rings is 1. The van der Waals surface area contributed by atoms with Crippen molar-refractivity contribution in [3.05, 3.63) is 46.8 Å². The predicted octanol–water partition coefficient (Wildman–Crippen LogP) is 2.68. The van der Waals surface area contributed by atoms with Crippen LogP contribution in [0.1, 0.15) is 11.3 Å². The normalized spacial score (nSPS) is 10.6. The number of nitrogens with one attached hydrogen (secondary N) is 1. The molecule has 2 rings (SSSR count). The molecular formula is C13H16ClN3O. The zero-order valence-corrected chi connectivity index (χ0v) is 11.2. The van der Waals surface area contributed by atoms with Crippen LogP contribution in [0.4, 0.5) is 6.01 Å². The lowest BCUT2D eigenvalue weighted by atomic mass is 10.2. The summed E-state index contributed by atoms with van der Waals surface area (Å²) in [5, 5.41) is 3.79. The molecule has 0 unspecified atom stereocenters. The molecule has 18 heavy (non-hydrogen) atoms. The third-order valence-electron chi connectivity index (χ3n) is 2.59. The van der Waals surface area contributed by atoms with Gasteiger partial charge in [0.2, 0.25) is 0 Å². The van der Waals surface area contributed by atoms with Gasteiger partial charge < -0.3 is 14.6 Å². The van der Waals surface area contributed by atoms with Crippen LogP contribution in [0, 0.1) is 0 Å². The Kier molecular flexibility index (Phi) is 4.23. The Morgan fingerprint density at radius 2 is 2.17 bits per heavy atom. The molecule has 0 atom stereocenters. The van der Waals surface area contributed by atoms with E-state index in [2.05, 4.69) is 10.3 Å². The first-order valence-electron chi connectivity index (χ1n) is 5.74. The molecule has 1 aromatic carbocycles. The van der Waals surface area contributed by atoms with Gasteiger partial charge in [0.25, 0.3) is 6.01 Å². The average Bonchev–Trinajstić information content (AvgIpc) is 2.81. The van der Waals surface area contributed by atoms with Crippen molar-refractivity contribution in [2.75, 3.05) is 19.0 Å². The van der Waals surface area contributed by atoms with E-state index in [-0.39, 0.29) is 0 Å². The van der Waals surface area contributed by atoms with Crippen molar-refractivity contribution in [2.45, 2.75) is 13.1 Å². The largest absolute Gasteiger partial charge is 0.432 e. The molecule has 4 nitrogen and oxygen atoms in total. The van der Waals surface area contributed by atoms with Crippen LogP contribution in [0.3, 0.4) is 0 Å². The van der Waals surface area contributed by atoms with E-state index < -0.39 is 0 Å². The predicted molar refractivity (Wildman–Crippen MR) is 72.8 cm³/mol. The summed E-state index contributed by atoms with van der Waals surface area (Å²) in [6.45, 7) is 1.36. The standard InChI is InChI=1S/C13H16ClN3O/c1-15-7-11-9-18-13(16-11)17(2)8-10-5-3-4-6-12(10)14/h3-6,9,15H,7-8H2,1-2H3. The number of rotatable bonds is 5. The molecule has 1 heterocycles. The van der Waals surface area contributed by atoms with Gasteiger partial charge in [-0.25, -0.2) is 0 Å². The smallest absolute Gasteiger partial charge is 0.297 e. The monoisotopic (exact) mass is 265 g/mol. The van der Waals surface area contributed by atoms with Crippen LogP contribution in [0.25, 0.3) is 0 Å². The molecular weight excluding hydrogens is 250 g/mol. The van der Waals surface area contributed by atoms with Gasteiger partial charge >= 0.3 is 0 Å². The van der Waals surface area contributed by atoms with Gasteiger partial charge in [0.05, 0.1) is 5.69 Å². The third-order valence-corrected chi connectivity index (χ3v) is 2.96. The van der Waals surface area contributed by atoms with E-state index in [0.29, 0.717) is 19.1 Å². The van der Waals surface area contributed by atoms with Crippen molar-refractivity contribution in [2.24, 2.45) is 0 Å². The van der Waals surface area contributed by atoms with E-state index >= 15 is 0 Å². The molecule has 0 saturated carbocycles. The number of hydrogen-bond donors (Lipinski definition) is 1. The molecule has 0 aliphatic heterocycles. The van der Waals surface area contributed by atoms with Gasteiger partial charge in [-0.1, -0.05) is 29.8 Å². The highest BCUT2D eigenvalue weighted by molar-refractivity contribution is 6.31. The van der Waals surface area contributed by atoms with Gasteiger partial charge in [-0.2, -0.15) is 4.98 Å². The van der Waals surface area contributed by atoms with Crippen LogP contribution < -0.4 is 10.2 Å². The van der Waals surface area contributed by atoms with E-state index in [1.807, 2.05) is 43.3 Å². The number of anilines is 1. The van der Waals surface area contributed by atoms with Gasteiger partial charge in [0, 0.05) is 25.2 Å². The van der Waals surface area contributed by atoms with Crippen LogP contribution in [-0.2, 0) is 13.1 Å². The number of halogens is 1. The molecule has 0 aliphatic rings. The van der Waals surface area contributed by atoms with Gasteiger partial charge in [-0.15, -0.1) is 0 Å². The second-order valence-corrected chi connectivity index (χ2v) is 4.51. The Bertz CT molecular complexity index is 512. The number of aromatic nitrogens is 1. The molecule has 0 bridgehead atoms. The Morgan fingerprint density at radius 1 is 1.39 bits per heavy atom. The minimum Gasteiger partial charge on any atom is -0.432 e. The second kappa shape index (κ2) is 5.89. The highest BCUT2D eigenvalue weighted by Crippen LogP contribution is 2.20. The number of hydrogen-bond acceptors (Lipinski definition) is 4. The number of nitrogens with zero attached hydrogens (tertiary/aromatic N) is 2. The molecule has 96 valence electrons. The topological polar surface area (TPSA) is 41.3 Å². The Morgan fingerprint density at radius 3 is 2.89 bits per heavy atom. The van der Waals surface area contributed by atoms with E-state index in [1.54, 1.807) is 6.26 Å². The summed E-state index contributed by atoms with van der Waals surface area (Å²) in [6.07, 6.45) is 1.66. The minimum atomic E-state index is 0.597. The van der Waals surface area contributed by atoms with Crippen LogP contribution in [0.15, 0.2) is 34.9 Å². The van der Waals surface area contributed by atoms with Crippen LogP contribution in [0.2, 0.25) is 5.02 Å². The van der Waals surface area contributed by atoms with Gasteiger partial charge in [-0.05, 0) is 18.7 Å². The van der Waals surface area contributed by atoms with E-state index in [9.17, 15) is 0 Å². The van der Waals surface area contributed by atoms with Crippen LogP contribution in [-0.4, -0.2) is 19.1 Å². The van der Waals surface area contributed by atoms with Crippen molar-refractivity contribution in [1.29, 1.82) is 0 Å². The molecule has 0 spiro atoms. The van der Waals surface area contributed by atoms with E-state index in [0.717, 1.165) is 16.3 Å². The zero-order valence-electron chi connectivity index (χ0n) is 10.5. The molecule has 5 heteroatoms. The summed E-state index contributed by atoms with van der Waals surface area (Å²) >= 11 is 6.12. The summed E-state index contributed by atoms with van der Waals surface area (Å²) in [5.74, 6) is 0. The number of oxazole rings is 1. The summed E-state index contributed by atoms with van der Waals surface area (Å²) in [4.78, 5) is 6.31. The first-order valence-corrected chi connectivity index (χ1v) is 6.12. The Balaban J connectivity index is 2.07. The summed E-state index contributed by atoms with van der Waals surface area (Å²) in [6, 6.07) is 8.36. The van der Waals surface area contributed by atoms with Gasteiger partial charge in [0.15, 0.2) is 0 Å². The van der Waals surface area contributed by atoms with Crippen molar-refractivity contribution >= 4 is 17.6 Å². The fourth-order valence-corrected chi connectivity index (χ4v) is 1.88. The molecule has 1 aromatic heterocycles. The van der Waals surface area contributed by atoms with E-state index in [4.69, 9.17) is 16.0 Å². The average molecular weight is 266 g/mol. The molecule has 0 radical (unpaired) electrons. The molecule has 0 aliphatic carbocycles. The zero-order chi connectivity index (χ0) is 13.0. The molecule has 2 aromatic rings. The summed E-state index contributed by atoms with van der Waals surface area (Å²) in [7, 11) is 3.81. The quantitative estimate of drug-likeness (QED) is 0.903. The van der Waals surface area contributed by atoms with Crippen molar-refractivity contribution in [3.8, 4) is 0 Å². The van der Waals surface area contributed by atoms with Gasteiger partial charge in [-0.3, -0.25) is 0 Å². The summed E-state index contributed by atoms with van der Waals surface area (Å²) < 4.78 is 5.42. The fraction of sp³-hybridized carbons (Fsp3) is 0.308. The first kappa shape index (κ1) is 12.9. The molecule has 1 N–H and O–H groups in total. The van der Waals surface area contributed by atoms with Crippen LogP contribution >= 0.6 is 11.6 Å². The maximum absolute atomic E-state index is 6.12. The highest BCUT2D eigenvalue weighted by atomic mass is 35.5. The van der Waals surface area contributed by atoms with Crippen LogP contribution in [0.5, 0.6) is 0 Å². The van der Waals surface area contributed by atoms with E-state index in [1.165, 1.54) is 0 Å². The van der Waals surface area contributed by atoms with Gasteiger partial charge in [0.1, 0.15) is 6.26 Å². The van der Waals surface area contributed by atoms with Crippen molar-refractivity contribution in [3.63, 3.8) is 0 Å².